The van der Waals surface area contributed by atoms with Gasteiger partial charge in [0.2, 0.25) is 0 Å². The highest BCUT2D eigenvalue weighted by atomic mass is 16.4. The average molecular weight is 469 g/mol. The number of carbonyl (C=O) groups is 5. The van der Waals surface area contributed by atoms with E-state index in [-0.39, 0.29) is 19.6 Å². The molecule has 1 rings (SSSR count). The number of nitrogens with zero attached hydrogens (tertiary/aromatic N) is 3. The van der Waals surface area contributed by atoms with Crippen molar-refractivity contribution in [3.63, 3.8) is 0 Å². The normalized spacial score (nSPS) is 12.1. The predicted octanol–water partition coefficient (Wildman–Crippen LogP) is -0.943. The van der Waals surface area contributed by atoms with Gasteiger partial charge in [-0.05, 0) is 5.56 Å². The molecule has 0 aromatic heterocycles. The van der Waals surface area contributed by atoms with Crippen molar-refractivity contribution in [1.29, 1.82) is 0 Å². The fourth-order valence-electron chi connectivity index (χ4n) is 3.28. The van der Waals surface area contributed by atoms with Gasteiger partial charge in [-0.2, -0.15) is 0 Å². The summed E-state index contributed by atoms with van der Waals surface area (Å²) in [6, 6.07) is 7.55. The molecule has 0 saturated carbocycles. The highest BCUT2D eigenvalue weighted by molar-refractivity contribution is 5.73. The minimum atomic E-state index is -1.27. The van der Waals surface area contributed by atoms with E-state index in [1.807, 2.05) is 0 Å². The maximum atomic E-state index is 11.4. The molecule has 0 spiro atoms. The van der Waals surface area contributed by atoms with Gasteiger partial charge in [0, 0.05) is 25.7 Å². The molecule has 0 fully saturated rings. The first-order chi connectivity index (χ1) is 15.5. The van der Waals surface area contributed by atoms with Crippen LogP contribution in [0, 0.1) is 0 Å². The molecule has 13 nitrogen and oxygen atoms in total. The molecular formula is C20H27N3O10. The third-order valence-corrected chi connectivity index (χ3v) is 4.54. The average Bonchev–Trinajstić information content (AvgIpc) is 2.68. The number of hydrogen-bond donors (Lipinski definition) is 5. The van der Waals surface area contributed by atoms with Crippen molar-refractivity contribution in [1.82, 2.24) is 14.7 Å². The maximum absolute atomic E-state index is 11.4. The molecule has 0 aliphatic carbocycles. The van der Waals surface area contributed by atoms with Crippen LogP contribution in [-0.4, -0.2) is 122 Å². The first-order valence-electron chi connectivity index (χ1n) is 9.80. The second kappa shape index (κ2) is 13.8. The molecule has 0 heterocycles. The summed E-state index contributed by atoms with van der Waals surface area (Å²) in [5, 5.41) is 45.8. The van der Waals surface area contributed by atoms with E-state index in [1.165, 1.54) is 9.80 Å². The van der Waals surface area contributed by atoms with Crippen LogP contribution in [0.5, 0.6) is 0 Å². The third kappa shape index (κ3) is 11.6. The van der Waals surface area contributed by atoms with E-state index in [1.54, 1.807) is 30.3 Å². The Bertz CT molecular complexity index is 801. The second-order valence-corrected chi connectivity index (χ2v) is 7.25. The van der Waals surface area contributed by atoms with Gasteiger partial charge < -0.3 is 25.5 Å². The standard InChI is InChI=1S/C20H27N3O10/c24-16(25)9-21(6-7-22(10-17(26)27)11-18(28)29)8-15(14-4-2-1-3-5-14)23(12-19(30)31)13-20(32)33/h1-5,15H,6-13H2,(H,24,25)(H,26,27)(H,28,29)(H,30,31)(H,32,33). The van der Waals surface area contributed by atoms with Gasteiger partial charge in [-0.3, -0.25) is 38.7 Å². The summed E-state index contributed by atoms with van der Waals surface area (Å²) in [7, 11) is 0. The Morgan fingerprint density at radius 1 is 0.606 bits per heavy atom. The molecule has 182 valence electrons. The lowest BCUT2D eigenvalue weighted by Gasteiger charge is -2.34. The van der Waals surface area contributed by atoms with Crippen molar-refractivity contribution in [2.75, 3.05) is 52.4 Å². The van der Waals surface area contributed by atoms with Crippen molar-refractivity contribution in [2.45, 2.75) is 6.04 Å². The highest BCUT2D eigenvalue weighted by Gasteiger charge is 2.28. The van der Waals surface area contributed by atoms with E-state index in [0.29, 0.717) is 5.56 Å². The molecule has 0 aliphatic heterocycles. The zero-order valence-corrected chi connectivity index (χ0v) is 17.7. The molecule has 0 bridgehead atoms. The van der Waals surface area contributed by atoms with E-state index in [2.05, 4.69) is 0 Å². The number of rotatable bonds is 17. The van der Waals surface area contributed by atoms with Crippen LogP contribution in [0.1, 0.15) is 11.6 Å². The summed E-state index contributed by atoms with van der Waals surface area (Å²) in [4.78, 5) is 59.8. The van der Waals surface area contributed by atoms with Crippen molar-refractivity contribution < 1.29 is 49.5 Å². The van der Waals surface area contributed by atoms with Crippen molar-refractivity contribution in [2.24, 2.45) is 0 Å². The van der Waals surface area contributed by atoms with Crippen LogP contribution in [0.2, 0.25) is 0 Å². The lowest BCUT2D eigenvalue weighted by Crippen LogP contribution is -2.46. The lowest BCUT2D eigenvalue weighted by atomic mass is 10.0. The van der Waals surface area contributed by atoms with Gasteiger partial charge in [0.25, 0.3) is 0 Å². The molecule has 5 N–H and O–H groups in total. The van der Waals surface area contributed by atoms with Crippen LogP contribution in [0.25, 0.3) is 0 Å². The Labute approximate surface area is 189 Å². The first kappa shape index (κ1) is 27.5. The van der Waals surface area contributed by atoms with Crippen molar-refractivity contribution in [3.05, 3.63) is 35.9 Å². The summed E-state index contributed by atoms with van der Waals surface area (Å²) < 4.78 is 0. The van der Waals surface area contributed by atoms with Crippen LogP contribution in [-0.2, 0) is 24.0 Å². The molecule has 0 radical (unpaired) electrons. The fourth-order valence-corrected chi connectivity index (χ4v) is 3.28. The summed E-state index contributed by atoms with van der Waals surface area (Å²) in [6.45, 7) is -3.11. The molecule has 1 unspecified atom stereocenters. The number of benzene rings is 1. The van der Waals surface area contributed by atoms with Crippen LogP contribution < -0.4 is 0 Å². The Morgan fingerprint density at radius 3 is 1.42 bits per heavy atom. The molecule has 0 amide bonds. The van der Waals surface area contributed by atoms with Gasteiger partial charge in [-0.1, -0.05) is 30.3 Å². The molecule has 0 saturated heterocycles. The monoisotopic (exact) mass is 469 g/mol. The number of carboxylic acids is 5. The number of aliphatic carboxylic acids is 5. The van der Waals surface area contributed by atoms with Gasteiger partial charge in [-0.25, -0.2) is 0 Å². The Morgan fingerprint density at radius 2 is 1.00 bits per heavy atom. The smallest absolute Gasteiger partial charge is 0.317 e. The van der Waals surface area contributed by atoms with Gasteiger partial charge in [0.05, 0.1) is 32.7 Å². The predicted molar refractivity (Wildman–Crippen MR) is 112 cm³/mol. The van der Waals surface area contributed by atoms with Crippen LogP contribution in [0.4, 0.5) is 0 Å². The zero-order valence-electron chi connectivity index (χ0n) is 17.7. The Kier molecular flexibility index (Phi) is 11.5. The number of carboxylic acid groups (broad SMARTS) is 5. The van der Waals surface area contributed by atoms with E-state index >= 15 is 0 Å². The molecule has 13 heteroatoms. The van der Waals surface area contributed by atoms with Crippen LogP contribution in [0.15, 0.2) is 30.3 Å². The van der Waals surface area contributed by atoms with Gasteiger partial charge in [-0.15, -0.1) is 0 Å². The topological polar surface area (TPSA) is 196 Å². The quantitative estimate of drug-likeness (QED) is 0.187. The van der Waals surface area contributed by atoms with E-state index in [9.17, 15) is 39.3 Å². The summed E-state index contributed by atoms with van der Waals surface area (Å²) in [6.07, 6.45) is 0. The fraction of sp³-hybridized carbons (Fsp3) is 0.450. The third-order valence-electron chi connectivity index (χ3n) is 4.54. The van der Waals surface area contributed by atoms with E-state index in [4.69, 9.17) is 10.2 Å². The summed E-state index contributed by atoms with van der Waals surface area (Å²) in [5.41, 5.74) is 0.559. The second-order valence-electron chi connectivity index (χ2n) is 7.25. The first-order valence-corrected chi connectivity index (χ1v) is 9.80. The summed E-state index contributed by atoms with van der Waals surface area (Å²) in [5.74, 6) is -6.26. The van der Waals surface area contributed by atoms with E-state index in [0.717, 1.165) is 4.90 Å². The maximum Gasteiger partial charge on any atom is 0.317 e. The minimum Gasteiger partial charge on any atom is -0.480 e. The van der Waals surface area contributed by atoms with E-state index < -0.39 is 68.6 Å². The highest BCUT2D eigenvalue weighted by Crippen LogP contribution is 2.22. The Balaban J connectivity index is 3.17. The molecule has 0 aliphatic rings. The summed E-state index contributed by atoms with van der Waals surface area (Å²) >= 11 is 0. The zero-order chi connectivity index (χ0) is 25.0. The molecule has 1 atom stereocenters. The lowest BCUT2D eigenvalue weighted by molar-refractivity contribution is -0.144. The largest absolute Gasteiger partial charge is 0.480 e. The number of hydrogen-bond acceptors (Lipinski definition) is 8. The molecular weight excluding hydrogens is 442 g/mol. The molecule has 33 heavy (non-hydrogen) atoms. The van der Waals surface area contributed by atoms with Gasteiger partial charge in [0.1, 0.15) is 0 Å². The minimum absolute atomic E-state index is 0.0514. The van der Waals surface area contributed by atoms with Gasteiger partial charge in [0.15, 0.2) is 0 Å². The van der Waals surface area contributed by atoms with Crippen LogP contribution in [0.3, 0.4) is 0 Å². The molecule has 1 aromatic rings. The van der Waals surface area contributed by atoms with Crippen molar-refractivity contribution >= 4 is 29.8 Å². The molecule has 1 aromatic carbocycles. The van der Waals surface area contributed by atoms with Gasteiger partial charge >= 0.3 is 29.8 Å². The van der Waals surface area contributed by atoms with Crippen molar-refractivity contribution in [3.8, 4) is 0 Å². The SMILES string of the molecule is O=C(O)CN(CCN(CC(=O)O)CC(c1ccccc1)N(CC(=O)O)CC(=O)O)CC(=O)O. The van der Waals surface area contributed by atoms with Crippen LogP contribution >= 0.6 is 0 Å². The Hall–Kier alpha value is -3.55.